The molecule has 2 rings (SSSR count). The SMILES string of the molecule is Cc1nc(-n2cnc(C)c2C)ccc1CNC(C)(C)C. The van der Waals surface area contributed by atoms with Crippen LogP contribution in [0.4, 0.5) is 0 Å². The van der Waals surface area contributed by atoms with Crippen LogP contribution in [-0.2, 0) is 6.54 Å². The summed E-state index contributed by atoms with van der Waals surface area (Å²) < 4.78 is 2.03. The van der Waals surface area contributed by atoms with E-state index in [-0.39, 0.29) is 5.54 Å². The van der Waals surface area contributed by atoms with Gasteiger partial charge < -0.3 is 5.32 Å². The van der Waals surface area contributed by atoms with E-state index < -0.39 is 0 Å². The van der Waals surface area contributed by atoms with Crippen molar-refractivity contribution in [3.05, 3.63) is 41.1 Å². The summed E-state index contributed by atoms with van der Waals surface area (Å²) in [6, 6.07) is 4.20. The van der Waals surface area contributed by atoms with E-state index in [0.29, 0.717) is 0 Å². The van der Waals surface area contributed by atoms with Gasteiger partial charge in [0.15, 0.2) is 0 Å². The van der Waals surface area contributed by atoms with Crippen LogP contribution in [0.3, 0.4) is 0 Å². The third-order valence-electron chi connectivity index (χ3n) is 3.49. The van der Waals surface area contributed by atoms with E-state index in [2.05, 4.69) is 57.1 Å². The fraction of sp³-hybridized carbons (Fsp3) is 0.500. The molecule has 0 spiro atoms. The van der Waals surface area contributed by atoms with E-state index in [9.17, 15) is 0 Å². The van der Waals surface area contributed by atoms with Gasteiger partial charge in [-0.3, -0.25) is 4.57 Å². The summed E-state index contributed by atoms with van der Waals surface area (Å²) >= 11 is 0. The summed E-state index contributed by atoms with van der Waals surface area (Å²) in [6.07, 6.45) is 1.83. The number of rotatable bonds is 3. The summed E-state index contributed by atoms with van der Waals surface area (Å²) in [5.74, 6) is 0.931. The minimum atomic E-state index is 0.114. The Labute approximate surface area is 121 Å². The van der Waals surface area contributed by atoms with Gasteiger partial charge in [-0.2, -0.15) is 0 Å². The Bertz CT molecular complexity index is 605. The van der Waals surface area contributed by atoms with Crippen LogP contribution in [0.25, 0.3) is 5.82 Å². The highest BCUT2D eigenvalue weighted by atomic mass is 15.1. The average molecular weight is 272 g/mol. The molecule has 0 bridgehead atoms. The first-order valence-corrected chi connectivity index (χ1v) is 7.00. The normalized spacial score (nSPS) is 11.9. The van der Waals surface area contributed by atoms with Gasteiger partial charge in [0, 0.05) is 23.5 Å². The zero-order valence-corrected chi connectivity index (χ0v) is 13.3. The summed E-state index contributed by atoms with van der Waals surface area (Å²) in [5, 5.41) is 3.49. The van der Waals surface area contributed by atoms with Crippen LogP contribution in [0.1, 0.15) is 43.4 Å². The second-order valence-electron chi connectivity index (χ2n) is 6.30. The molecular weight excluding hydrogens is 248 g/mol. The lowest BCUT2D eigenvalue weighted by Gasteiger charge is -2.21. The minimum Gasteiger partial charge on any atom is -0.308 e. The number of imidazole rings is 1. The molecule has 0 aliphatic heterocycles. The number of nitrogens with zero attached hydrogens (tertiary/aromatic N) is 3. The molecule has 0 fully saturated rings. The summed E-state index contributed by atoms with van der Waals surface area (Å²) in [6.45, 7) is 13.5. The first kappa shape index (κ1) is 14.7. The van der Waals surface area contributed by atoms with Crippen LogP contribution in [0.15, 0.2) is 18.5 Å². The highest BCUT2D eigenvalue weighted by molar-refractivity contribution is 5.33. The van der Waals surface area contributed by atoms with E-state index >= 15 is 0 Å². The molecule has 0 aliphatic rings. The molecule has 0 saturated carbocycles. The molecule has 0 atom stereocenters. The lowest BCUT2D eigenvalue weighted by molar-refractivity contribution is 0.423. The maximum absolute atomic E-state index is 4.70. The fourth-order valence-corrected chi connectivity index (χ4v) is 1.99. The van der Waals surface area contributed by atoms with Gasteiger partial charge in [0.2, 0.25) is 0 Å². The van der Waals surface area contributed by atoms with E-state index in [1.165, 1.54) is 5.56 Å². The zero-order valence-electron chi connectivity index (χ0n) is 13.3. The van der Waals surface area contributed by atoms with Crippen molar-refractivity contribution in [3.8, 4) is 5.82 Å². The molecule has 0 saturated heterocycles. The smallest absolute Gasteiger partial charge is 0.138 e. The topological polar surface area (TPSA) is 42.7 Å². The lowest BCUT2D eigenvalue weighted by atomic mass is 10.1. The van der Waals surface area contributed by atoms with Crippen molar-refractivity contribution in [1.82, 2.24) is 19.9 Å². The minimum absolute atomic E-state index is 0.114. The molecule has 2 heterocycles. The van der Waals surface area contributed by atoms with E-state index in [1.807, 2.05) is 17.8 Å². The monoisotopic (exact) mass is 272 g/mol. The molecule has 0 unspecified atom stereocenters. The Hall–Kier alpha value is -1.68. The predicted molar refractivity (Wildman–Crippen MR) is 82.2 cm³/mol. The zero-order chi connectivity index (χ0) is 14.9. The Kier molecular flexibility index (Phi) is 3.95. The first-order valence-electron chi connectivity index (χ1n) is 7.00. The Morgan fingerprint density at radius 1 is 1.10 bits per heavy atom. The molecule has 2 aromatic heterocycles. The quantitative estimate of drug-likeness (QED) is 0.933. The van der Waals surface area contributed by atoms with E-state index in [4.69, 9.17) is 4.98 Å². The maximum atomic E-state index is 4.70. The van der Waals surface area contributed by atoms with Gasteiger partial charge in [-0.25, -0.2) is 9.97 Å². The van der Waals surface area contributed by atoms with E-state index in [1.54, 1.807) is 0 Å². The second kappa shape index (κ2) is 5.37. The third-order valence-corrected chi connectivity index (χ3v) is 3.49. The van der Waals surface area contributed by atoms with Crippen LogP contribution >= 0.6 is 0 Å². The number of hydrogen-bond donors (Lipinski definition) is 1. The third kappa shape index (κ3) is 3.25. The molecule has 0 aliphatic carbocycles. The van der Waals surface area contributed by atoms with Gasteiger partial charge in [-0.1, -0.05) is 6.07 Å². The van der Waals surface area contributed by atoms with Gasteiger partial charge in [0.25, 0.3) is 0 Å². The highest BCUT2D eigenvalue weighted by Gasteiger charge is 2.11. The van der Waals surface area contributed by atoms with Crippen LogP contribution < -0.4 is 5.32 Å². The summed E-state index contributed by atoms with van der Waals surface area (Å²) in [7, 11) is 0. The molecule has 2 aromatic rings. The average Bonchev–Trinajstić information content (AvgIpc) is 2.67. The van der Waals surface area contributed by atoms with Crippen LogP contribution in [0.5, 0.6) is 0 Å². The summed E-state index contributed by atoms with van der Waals surface area (Å²) in [5.41, 5.74) is 4.59. The van der Waals surface area contributed by atoms with Gasteiger partial charge in [0.1, 0.15) is 12.1 Å². The molecule has 4 heteroatoms. The number of hydrogen-bond acceptors (Lipinski definition) is 3. The number of aromatic nitrogens is 3. The van der Waals surface area contributed by atoms with Crippen molar-refractivity contribution in [2.45, 2.75) is 53.6 Å². The fourth-order valence-electron chi connectivity index (χ4n) is 1.99. The molecular formula is C16H24N4. The Balaban J connectivity index is 2.24. The van der Waals surface area contributed by atoms with Gasteiger partial charge >= 0.3 is 0 Å². The molecule has 0 amide bonds. The van der Waals surface area contributed by atoms with Gasteiger partial charge in [-0.05, 0) is 53.2 Å². The molecule has 108 valence electrons. The molecule has 1 N–H and O–H groups in total. The molecule has 4 nitrogen and oxygen atoms in total. The van der Waals surface area contributed by atoms with E-state index in [0.717, 1.165) is 29.4 Å². The summed E-state index contributed by atoms with van der Waals surface area (Å²) in [4.78, 5) is 9.03. The predicted octanol–water partition coefficient (Wildman–Crippen LogP) is 3.08. The highest BCUT2D eigenvalue weighted by Crippen LogP contribution is 2.15. The standard InChI is InChI=1S/C16H24N4/c1-11-13(3)20(10-17-11)15-8-7-14(12(2)19-15)9-18-16(4,5)6/h7-8,10,18H,9H2,1-6H3. The van der Waals surface area contributed by atoms with Crippen LogP contribution in [-0.4, -0.2) is 20.1 Å². The van der Waals surface area contributed by atoms with Crippen molar-refractivity contribution < 1.29 is 0 Å². The molecule has 20 heavy (non-hydrogen) atoms. The van der Waals surface area contributed by atoms with Crippen molar-refractivity contribution in [1.29, 1.82) is 0 Å². The van der Waals surface area contributed by atoms with Crippen molar-refractivity contribution in [2.24, 2.45) is 0 Å². The second-order valence-corrected chi connectivity index (χ2v) is 6.30. The number of aryl methyl sites for hydroxylation is 2. The van der Waals surface area contributed by atoms with Crippen molar-refractivity contribution >= 4 is 0 Å². The maximum Gasteiger partial charge on any atom is 0.138 e. The Morgan fingerprint density at radius 2 is 1.80 bits per heavy atom. The molecule has 0 aromatic carbocycles. The Morgan fingerprint density at radius 3 is 2.30 bits per heavy atom. The largest absolute Gasteiger partial charge is 0.308 e. The number of nitrogens with one attached hydrogen (secondary N) is 1. The lowest BCUT2D eigenvalue weighted by Crippen LogP contribution is -2.35. The van der Waals surface area contributed by atoms with Gasteiger partial charge in [0.05, 0.1) is 5.69 Å². The van der Waals surface area contributed by atoms with Crippen molar-refractivity contribution in [3.63, 3.8) is 0 Å². The number of pyridine rings is 1. The molecule has 0 radical (unpaired) electrons. The van der Waals surface area contributed by atoms with Gasteiger partial charge in [-0.15, -0.1) is 0 Å². The van der Waals surface area contributed by atoms with Crippen LogP contribution in [0, 0.1) is 20.8 Å². The van der Waals surface area contributed by atoms with Crippen LogP contribution in [0.2, 0.25) is 0 Å². The van der Waals surface area contributed by atoms with Crippen molar-refractivity contribution in [2.75, 3.05) is 0 Å². The first-order chi connectivity index (χ1) is 9.28.